The Bertz CT molecular complexity index is 509. The maximum Gasteiger partial charge on any atom is 0.220 e. The minimum atomic E-state index is 0.0767. The second-order valence-electron chi connectivity index (χ2n) is 5.21. The summed E-state index contributed by atoms with van der Waals surface area (Å²) >= 11 is 0. The van der Waals surface area contributed by atoms with Crippen LogP contribution in [0, 0.1) is 17.8 Å². The lowest BCUT2D eigenvalue weighted by Gasteiger charge is -2.24. The minimum Gasteiger partial charge on any atom is -0.395 e. The Morgan fingerprint density at radius 2 is 2.15 bits per heavy atom. The minimum absolute atomic E-state index is 0.0767. The van der Waals surface area contributed by atoms with Gasteiger partial charge in [-0.05, 0) is 30.4 Å². The molecule has 1 fully saturated rings. The van der Waals surface area contributed by atoms with Crippen LogP contribution >= 0.6 is 0 Å². The molecule has 0 unspecified atom stereocenters. The van der Waals surface area contributed by atoms with E-state index in [1.807, 2.05) is 24.3 Å². The molecule has 0 aromatic heterocycles. The Kier molecular flexibility index (Phi) is 5.64. The second-order valence-corrected chi connectivity index (χ2v) is 5.21. The van der Waals surface area contributed by atoms with Crippen molar-refractivity contribution in [1.82, 2.24) is 5.32 Å². The van der Waals surface area contributed by atoms with Crippen molar-refractivity contribution in [2.45, 2.75) is 38.6 Å². The third kappa shape index (κ3) is 4.40. The third-order valence-corrected chi connectivity index (χ3v) is 3.65. The molecule has 1 aliphatic rings. The highest BCUT2D eigenvalue weighted by Crippen LogP contribution is 2.29. The van der Waals surface area contributed by atoms with E-state index in [0.29, 0.717) is 25.3 Å². The lowest BCUT2D eigenvalue weighted by molar-refractivity contribution is -0.122. The van der Waals surface area contributed by atoms with Crippen molar-refractivity contribution < 1.29 is 9.90 Å². The predicted molar refractivity (Wildman–Crippen MR) is 78.8 cm³/mol. The van der Waals surface area contributed by atoms with Gasteiger partial charge in [0.05, 0.1) is 6.61 Å². The Labute approximate surface area is 120 Å². The van der Waals surface area contributed by atoms with Crippen molar-refractivity contribution in [2.24, 2.45) is 5.92 Å². The van der Waals surface area contributed by atoms with Gasteiger partial charge >= 0.3 is 0 Å². The number of hydrogen-bond acceptors (Lipinski definition) is 2. The highest BCUT2D eigenvalue weighted by molar-refractivity contribution is 5.76. The lowest BCUT2D eigenvalue weighted by atomic mass is 9.83. The summed E-state index contributed by atoms with van der Waals surface area (Å²) in [6.45, 7) is 0.600. The fourth-order valence-corrected chi connectivity index (χ4v) is 2.24. The van der Waals surface area contributed by atoms with Gasteiger partial charge in [-0.2, -0.15) is 0 Å². The highest BCUT2D eigenvalue weighted by atomic mass is 16.2. The summed E-state index contributed by atoms with van der Waals surface area (Å²) in [4.78, 5) is 11.8. The molecule has 0 radical (unpaired) electrons. The number of hydrogen-bond donors (Lipinski definition) is 2. The van der Waals surface area contributed by atoms with Crippen LogP contribution in [-0.2, 0) is 11.3 Å². The van der Waals surface area contributed by atoms with Gasteiger partial charge in [0.1, 0.15) is 0 Å². The number of carbonyl (C=O) groups is 1. The molecule has 1 aromatic carbocycles. The molecule has 0 atom stereocenters. The first-order valence-electron chi connectivity index (χ1n) is 7.24. The van der Waals surface area contributed by atoms with Crippen LogP contribution < -0.4 is 5.32 Å². The van der Waals surface area contributed by atoms with Gasteiger partial charge in [-0.1, -0.05) is 36.5 Å². The van der Waals surface area contributed by atoms with Crippen LogP contribution in [-0.4, -0.2) is 17.6 Å². The van der Waals surface area contributed by atoms with Crippen LogP contribution in [0.5, 0.6) is 0 Å². The lowest BCUT2D eigenvalue weighted by Crippen LogP contribution is -2.27. The van der Waals surface area contributed by atoms with Crippen LogP contribution in [0.1, 0.15) is 43.2 Å². The quantitative estimate of drug-likeness (QED) is 0.807. The fraction of sp³-hybridized carbons (Fsp3) is 0.471. The number of aliphatic hydroxyl groups excluding tert-OH is 1. The molecule has 0 bridgehead atoms. The largest absolute Gasteiger partial charge is 0.395 e. The van der Waals surface area contributed by atoms with Crippen molar-refractivity contribution in [2.75, 3.05) is 6.61 Å². The summed E-state index contributed by atoms with van der Waals surface area (Å²) in [5.41, 5.74) is 1.95. The standard InChI is InChI=1S/C17H21NO2/c19-11-4-3-9-15-8-1-2-10-16(15)13-18-17(20)12-14-6-5-7-14/h1-2,8,10,14,19H,4-7,11-13H2,(H,18,20). The zero-order valence-corrected chi connectivity index (χ0v) is 11.7. The van der Waals surface area contributed by atoms with Crippen molar-refractivity contribution >= 4 is 5.91 Å². The van der Waals surface area contributed by atoms with Gasteiger partial charge in [0, 0.05) is 24.9 Å². The normalized spacial score (nSPS) is 14.1. The first-order valence-corrected chi connectivity index (χ1v) is 7.24. The van der Waals surface area contributed by atoms with Gasteiger partial charge in [-0.25, -0.2) is 0 Å². The first kappa shape index (κ1) is 14.6. The van der Waals surface area contributed by atoms with E-state index < -0.39 is 0 Å². The molecular weight excluding hydrogens is 250 g/mol. The Balaban J connectivity index is 1.88. The van der Waals surface area contributed by atoms with Crippen molar-refractivity contribution in [3.8, 4) is 11.8 Å². The Morgan fingerprint density at radius 1 is 1.35 bits per heavy atom. The Hall–Kier alpha value is -1.79. The summed E-state index contributed by atoms with van der Waals surface area (Å²) in [5, 5.41) is 11.7. The summed E-state index contributed by atoms with van der Waals surface area (Å²) < 4.78 is 0. The molecule has 1 aliphatic carbocycles. The van der Waals surface area contributed by atoms with Crippen molar-refractivity contribution in [1.29, 1.82) is 0 Å². The molecule has 1 saturated carbocycles. The summed E-state index contributed by atoms with van der Waals surface area (Å²) in [6.07, 6.45) is 4.77. The molecule has 1 amide bonds. The topological polar surface area (TPSA) is 49.3 Å². The van der Waals surface area contributed by atoms with Crippen molar-refractivity contribution in [3.05, 3.63) is 35.4 Å². The second kappa shape index (κ2) is 7.72. The van der Waals surface area contributed by atoms with E-state index in [1.165, 1.54) is 19.3 Å². The molecule has 0 heterocycles. The van der Waals surface area contributed by atoms with E-state index in [4.69, 9.17) is 5.11 Å². The van der Waals surface area contributed by atoms with Crippen LogP contribution in [0.15, 0.2) is 24.3 Å². The number of benzene rings is 1. The number of rotatable bonds is 5. The molecule has 0 saturated heterocycles. The molecule has 0 aliphatic heterocycles. The van der Waals surface area contributed by atoms with Crippen molar-refractivity contribution in [3.63, 3.8) is 0 Å². The van der Waals surface area contributed by atoms with E-state index in [0.717, 1.165) is 11.1 Å². The summed E-state index contributed by atoms with van der Waals surface area (Å²) in [5.74, 6) is 6.68. The molecule has 106 valence electrons. The summed E-state index contributed by atoms with van der Waals surface area (Å²) in [7, 11) is 0. The Morgan fingerprint density at radius 3 is 2.85 bits per heavy atom. The third-order valence-electron chi connectivity index (χ3n) is 3.65. The number of aliphatic hydroxyl groups is 1. The van der Waals surface area contributed by atoms with E-state index in [-0.39, 0.29) is 12.5 Å². The average Bonchev–Trinajstić information content (AvgIpc) is 2.42. The fourth-order valence-electron chi connectivity index (χ4n) is 2.24. The molecule has 20 heavy (non-hydrogen) atoms. The van der Waals surface area contributed by atoms with Crippen LogP contribution in [0.25, 0.3) is 0 Å². The molecule has 2 N–H and O–H groups in total. The highest BCUT2D eigenvalue weighted by Gasteiger charge is 2.20. The summed E-state index contributed by atoms with van der Waals surface area (Å²) in [6, 6.07) is 7.80. The van der Waals surface area contributed by atoms with Gasteiger partial charge in [0.15, 0.2) is 0 Å². The molecule has 2 rings (SSSR count). The van der Waals surface area contributed by atoms with E-state index >= 15 is 0 Å². The molecule has 0 spiro atoms. The van der Waals surface area contributed by atoms with Crippen LogP contribution in [0.3, 0.4) is 0 Å². The van der Waals surface area contributed by atoms with E-state index in [9.17, 15) is 4.79 Å². The smallest absolute Gasteiger partial charge is 0.220 e. The molecule has 3 heteroatoms. The zero-order chi connectivity index (χ0) is 14.2. The number of amides is 1. The maximum atomic E-state index is 11.8. The first-order chi connectivity index (χ1) is 9.79. The molecular formula is C17H21NO2. The van der Waals surface area contributed by atoms with E-state index in [2.05, 4.69) is 17.2 Å². The van der Waals surface area contributed by atoms with Crippen LogP contribution in [0.2, 0.25) is 0 Å². The zero-order valence-electron chi connectivity index (χ0n) is 11.7. The monoisotopic (exact) mass is 271 g/mol. The number of nitrogens with one attached hydrogen (secondary N) is 1. The van der Waals surface area contributed by atoms with Gasteiger partial charge < -0.3 is 10.4 Å². The number of carbonyl (C=O) groups excluding carboxylic acids is 1. The van der Waals surface area contributed by atoms with Gasteiger partial charge in [-0.15, -0.1) is 0 Å². The van der Waals surface area contributed by atoms with Gasteiger partial charge in [0.25, 0.3) is 0 Å². The SMILES string of the molecule is O=C(CC1CCC1)NCc1ccccc1C#CCCO. The molecule has 3 nitrogen and oxygen atoms in total. The average molecular weight is 271 g/mol. The predicted octanol–water partition coefficient (Wildman–Crippen LogP) is 2.23. The van der Waals surface area contributed by atoms with E-state index in [1.54, 1.807) is 0 Å². The van der Waals surface area contributed by atoms with Gasteiger partial charge in [-0.3, -0.25) is 4.79 Å². The van der Waals surface area contributed by atoms with Crippen LogP contribution in [0.4, 0.5) is 0 Å². The maximum absolute atomic E-state index is 11.8. The van der Waals surface area contributed by atoms with Gasteiger partial charge in [0.2, 0.25) is 5.91 Å². The molecule has 1 aromatic rings.